The number of rotatable bonds is 8. The third-order valence-corrected chi connectivity index (χ3v) is 15.4. The third kappa shape index (κ3) is 4.72. The molecule has 0 aromatic heterocycles. The van der Waals surface area contributed by atoms with E-state index in [4.69, 9.17) is 0 Å². The van der Waals surface area contributed by atoms with Crippen molar-refractivity contribution in [3.8, 4) is 0 Å². The Morgan fingerprint density at radius 3 is 1.34 bits per heavy atom. The van der Waals surface area contributed by atoms with Crippen LogP contribution in [0.4, 0.5) is 0 Å². The van der Waals surface area contributed by atoms with E-state index in [1.54, 1.807) is 0 Å². The Hall–Kier alpha value is -1.73. The predicted molar refractivity (Wildman–Crippen MR) is 134 cm³/mol. The first-order chi connectivity index (χ1) is 13.8. The van der Waals surface area contributed by atoms with Crippen LogP contribution in [0, 0.1) is 0 Å². The molecule has 3 rings (SSSR count). The average Bonchev–Trinajstić information content (AvgIpc) is 2.72. The second-order valence-corrected chi connectivity index (χ2v) is 17.8. The predicted octanol–water partition coefficient (Wildman–Crippen LogP) is 5.47. The van der Waals surface area contributed by atoms with E-state index in [9.17, 15) is 4.80 Å². The van der Waals surface area contributed by atoms with E-state index in [1.807, 2.05) is 0 Å². The van der Waals surface area contributed by atoms with Gasteiger partial charge < -0.3 is 0 Å². The van der Waals surface area contributed by atoms with Crippen LogP contribution >= 0.6 is 7.26 Å². The van der Waals surface area contributed by atoms with Gasteiger partial charge in [-0.15, -0.1) is 0 Å². The van der Waals surface area contributed by atoms with Crippen molar-refractivity contribution in [2.24, 2.45) is 0 Å². The fraction of sp³-hybridized carbons (Fsp3) is 0.308. The fourth-order valence-corrected chi connectivity index (χ4v) is 9.85. The van der Waals surface area contributed by atoms with Crippen molar-refractivity contribution >= 4 is 31.5 Å². The van der Waals surface area contributed by atoms with Gasteiger partial charge in [0.1, 0.15) is 0 Å². The maximum absolute atomic E-state index is 10.8. The molecule has 0 aliphatic rings. The van der Waals surface area contributed by atoms with Crippen molar-refractivity contribution in [3.63, 3.8) is 0 Å². The van der Waals surface area contributed by atoms with Gasteiger partial charge in [0, 0.05) is 0 Å². The van der Waals surface area contributed by atoms with Gasteiger partial charge in [-0.1, -0.05) is 0 Å². The van der Waals surface area contributed by atoms with Gasteiger partial charge in [0.05, 0.1) is 0 Å². The molecule has 1 nitrogen and oxygen atoms in total. The number of hydrogen-bond donors (Lipinski definition) is 1. The van der Waals surface area contributed by atoms with Crippen molar-refractivity contribution in [2.45, 2.75) is 44.8 Å². The molecule has 29 heavy (non-hydrogen) atoms. The molecule has 0 aliphatic carbocycles. The summed E-state index contributed by atoms with van der Waals surface area (Å²) in [5, 5.41) is 4.42. The molecule has 0 atom stereocenters. The zero-order valence-electron chi connectivity index (χ0n) is 18.2. The van der Waals surface area contributed by atoms with Crippen LogP contribution in [-0.2, 0) is 0 Å². The molecule has 0 radical (unpaired) electrons. The van der Waals surface area contributed by atoms with Crippen LogP contribution in [0.2, 0.25) is 18.1 Å². The summed E-state index contributed by atoms with van der Waals surface area (Å²) in [5.74, 6) is 0. The fourth-order valence-electron chi connectivity index (χ4n) is 4.20. The van der Waals surface area contributed by atoms with Crippen molar-refractivity contribution in [1.82, 2.24) is 0 Å². The Kier molecular flexibility index (Phi) is 6.78. The van der Waals surface area contributed by atoms with Gasteiger partial charge in [0.2, 0.25) is 0 Å². The van der Waals surface area contributed by atoms with Crippen LogP contribution in [0.1, 0.15) is 26.7 Å². The molecule has 0 fully saturated rings. The molecular weight excluding hydrogens is 387 g/mol. The van der Waals surface area contributed by atoms with Crippen LogP contribution in [0.3, 0.4) is 0 Å². The zero-order chi connectivity index (χ0) is 21.0. The van der Waals surface area contributed by atoms with Gasteiger partial charge in [0.15, 0.2) is 0 Å². The molecule has 3 aromatic rings. The Balaban J connectivity index is 2.08. The van der Waals surface area contributed by atoms with Crippen molar-refractivity contribution in [3.05, 3.63) is 91.0 Å². The quantitative estimate of drug-likeness (QED) is 0.377. The third-order valence-electron chi connectivity index (χ3n) is 6.81. The van der Waals surface area contributed by atoms with E-state index in [-0.39, 0.29) is 5.04 Å². The van der Waals surface area contributed by atoms with Crippen molar-refractivity contribution in [2.75, 3.05) is 6.16 Å². The summed E-state index contributed by atoms with van der Waals surface area (Å²) in [6.45, 7) is 8.64. The number of hydrogen-bond acceptors (Lipinski definition) is 1. The number of benzene rings is 3. The summed E-state index contributed by atoms with van der Waals surface area (Å²) in [6.07, 6.45) is 3.33. The van der Waals surface area contributed by atoms with Crippen molar-refractivity contribution in [1.29, 1.82) is 0 Å². The minimum atomic E-state index is -2.20. The standard InChI is InChI=1S/C26H35OPSi/c1-26(2,29(3,4)27)21-14-22-28(23-15-8-5-9-16-23,24-17-10-6-11-18-24)25-19-12-7-13-20-25/h5-13,15-20,27-28H,14,21-22H2,1-4H3. The Morgan fingerprint density at radius 1 is 0.690 bits per heavy atom. The molecular formula is C26H35OPSi. The topological polar surface area (TPSA) is 20.2 Å². The second kappa shape index (κ2) is 8.96. The first-order valence-electron chi connectivity index (χ1n) is 10.7. The maximum atomic E-state index is 10.8. The van der Waals surface area contributed by atoms with E-state index in [2.05, 4.69) is 118 Å². The van der Waals surface area contributed by atoms with E-state index in [0.717, 1.165) is 19.0 Å². The molecule has 0 aliphatic heterocycles. The Labute approximate surface area is 178 Å². The molecule has 0 bridgehead atoms. The van der Waals surface area contributed by atoms with E-state index >= 15 is 0 Å². The molecule has 0 amide bonds. The van der Waals surface area contributed by atoms with Gasteiger partial charge in [-0.05, 0) is 0 Å². The van der Waals surface area contributed by atoms with E-state index < -0.39 is 15.6 Å². The summed E-state index contributed by atoms with van der Waals surface area (Å²) < 4.78 is 0. The van der Waals surface area contributed by atoms with Crippen molar-refractivity contribution < 1.29 is 4.80 Å². The minimum absolute atomic E-state index is 0.0111. The first kappa shape index (κ1) is 22.0. The Morgan fingerprint density at radius 2 is 1.03 bits per heavy atom. The van der Waals surface area contributed by atoms with E-state index in [1.165, 1.54) is 15.9 Å². The van der Waals surface area contributed by atoms with Crippen LogP contribution in [-0.4, -0.2) is 19.3 Å². The SMILES string of the molecule is CC(C)(CCC[PH](c1ccccc1)(c1ccccc1)c1ccccc1)[Si](C)(C)O. The molecule has 0 heterocycles. The molecule has 0 unspecified atom stereocenters. The van der Waals surface area contributed by atoms with Gasteiger partial charge >= 0.3 is 178 Å². The Bertz CT molecular complexity index is 790. The molecule has 0 saturated carbocycles. The zero-order valence-corrected chi connectivity index (χ0v) is 20.2. The normalized spacial score (nSPS) is 13.3. The first-order valence-corrected chi connectivity index (χ1v) is 15.8. The van der Waals surface area contributed by atoms with Gasteiger partial charge in [0.25, 0.3) is 0 Å². The summed E-state index contributed by atoms with van der Waals surface area (Å²) in [6, 6.07) is 33.3. The van der Waals surface area contributed by atoms with Gasteiger partial charge in [-0.2, -0.15) is 0 Å². The van der Waals surface area contributed by atoms with Crippen LogP contribution in [0.25, 0.3) is 0 Å². The van der Waals surface area contributed by atoms with Gasteiger partial charge in [-0.25, -0.2) is 0 Å². The summed E-state index contributed by atoms with van der Waals surface area (Å²) in [4.78, 5) is 10.8. The summed E-state index contributed by atoms with van der Waals surface area (Å²) in [7, 11) is -4.35. The van der Waals surface area contributed by atoms with Gasteiger partial charge in [-0.3, -0.25) is 0 Å². The molecule has 0 spiro atoms. The molecule has 3 aromatic carbocycles. The molecule has 0 saturated heterocycles. The molecule has 1 N–H and O–H groups in total. The van der Waals surface area contributed by atoms with E-state index in [0.29, 0.717) is 0 Å². The summed E-state index contributed by atoms with van der Waals surface area (Å²) >= 11 is 0. The average molecular weight is 423 g/mol. The van der Waals surface area contributed by atoms with Crippen LogP contribution in [0.15, 0.2) is 91.0 Å². The van der Waals surface area contributed by atoms with Crippen LogP contribution < -0.4 is 15.9 Å². The second-order valence-electron chi connectivity index (χ2n) is 9.30. The molecule has 3 heteroatoms. The molecule has 154 valence electrons. The monoisotopic (exact) mass is 422 g/mol. The summed E-state index contributed by atoms with van der Waals surface area (Å²) in [5.41, 5.74) is 0. The van der Waals surface area contributed by atoms with Crippen LogP contribution in [0.5, 0.6) is 0 Å².